The second-order valence-corrected chi connectivity index (χ2v) is 5.60. The van der Waals surface area contributed by atoms with Crippen LogP contribution in [0.4, 0.5) is 0 Å². The minimum Gasteiger partial charge on any atom is -0.492 e. The lowest BCUT2D eigenvalue weighted by Crippen LogP contribution is -2.30. The first kappa shape index (κ1) is 15.4. The summed E-state index contributed by atoms with van der Waals surface area (Å²) < 4.78 is 5.61. The highest BCUT2D eigenvalue weighted by atomic mass is 35.5. The molecule has 1 aromatic heterocycles. The third-order valence-electron chi connectivity index (χ3n) is 3.51. The van der Waals surface area contributed by atoms with Crippen LogP contribution in [-0.2, 0) is 0 Å². The molecule has 1 amide bonds. The van der Waals surface area contributed by atoms with Gasteiger partial charge < -0.3 is 14.6 Å². The number of benzene rings is 2. The van der Waals surface area contributed by atoms with Crippen LogP contribution < -0.4 is 4.74 Å². The van der Waals surface area contributed by atoms with E-state index in [1.807, 2.05) is 18.2 Å². The Hall–Kier alpha value is -2.53. The molecule has 0 spiro atoms. The Morgan fingerprint density at radius 1 is 1.30 bits per heavy atom. The number of likely N-dealkylation sites (N-methyl/N-ethyl adjacent to an activating group) is 1. The molecular formula is C17H16ClN3O2. The number of fused-ring (bicyclic) bond motifs is 1. The summed E-state index contributed by atoms with van der Waals surface area (Å²) in [6, 6.07) is 12.6. The summed E-state index contributed by atoms with van der Waals surface area (Å²) in [6.07, 6.45) is 1.61. The highest BCUT2D eigenvalue weighted by molar-refractivity contribution is 6.30. The standard InChI is InChI=1S/C17H16ClN3O2/c1-21(7-8-23-14-4-2-3-13(18)10-14)17(22)12-5-6-15-16(9-12)20-11-19-15/h2-6,9-11H,7-8H2,1H3,(H,19,20). The Morgan fingerprint density at radius 3 is 3.00 bits per heavy atom. The van der Waals surface area contributed by atoms with Crippen molar-refractivity contribution in [2.24, 2.45) is 0 Å². The quantitative estimate of drug-likeness (QED) is 0.780. The van der Waals surface area contributed by atoms with Crippen LogP contribution >= 0.6 is 11.6 Å². The van der Waals surface area contributed by atoms with E-state index >= 15 is 0 Å². The number of carbonyl (C=O) groups is 1. The average molecular weight is 330 g/mol. The summed E-state index contributed by atoms with van der Waals surface area (Å²) in [5.74, 6) is 0.633. The molecule has 0 unspecified atom stereocenters. The zero-order valence-electron chi connectivity index (χ0n) is 12.6. The van der Waals surface area contributed by atoms with Crippen LogP contribution in [0.1, 0.15) is 10.4 Å². The van der Waals surface area contributed by atoms with Gasteiger partial charge in [0.05, 0.1) is 23.9 Å². The van der Waals surface area contributed by atoms with Gasteiger partial charge in [-0.05, 0) is 36.4 Å². The maximum Gasteiger partial charge on any atom is 0.253 e. The van der Waals surface area contributed by atoms with E-state index in [0.29, 0.717) is 29.5 Å². The molecule has 0 bridgehead atoms. The van der Waals surface area contributed by atoms with Crippen molar-refractivity contribution >= 4 is 28.5 Å². The van der Waals surface area contributed by atoms with Crippen molar-refractivity contribution in [3.63, 3.8) is 0 Å². The molecule has 3 aromatic rings. The second kappa shape index (κ2) is 6.71. The van der Waals surface area contributed by atoms with E-state index in [4.69, 9.17) is 16.3 Å². The number of H-pyrrole nitrogens is 1. The molecule has 0 aliphatic rings. The fourth-order valence-electron chi connectivity index (χ4n) is 2.25. The van der Waals surface area contributed by atoms with E-state index in [1.54, 1.807) is 42.5 Å². The lowest BCUT2D eigenvalue weighted by molar-refractivity contribution is 0.0774. The number of ether oxygens (including phenoxy) is 1. The van der Waals surface area contributed by atoms with Gasteiger partial charge in [-0.25, -0.2) is 4.98 Å². The molecule has 1 heterocycles. The number of hydrogen-bond acceptors (Lipinski definition) is 3. The van der Waals surface area contributed by atoms with Crippen LogP contribution in [-0.4, -0.2) is 41.0 Å². The van der Waals surface area contributed by atoms with Gasteiger partial charge >= 0.3 is 0 Å². The van der Waals surface area contributed by atoms with E-state index in [2.05, 4.69) is 9.97 Å². The fourth-order valence-corrected chi connectivity index (χ4v) is 2.43. The maximum atomic E-state index is 12.4. The minimum absolute atomic E-state index is 0.0591. The predicted molar refractivity (Wildman–Crippen MR) is 90.0 cm³/mol. The molecule has 6 heteroatoms. The highest BCUT2D eigenvalue weighted by Gasteiger charge is 2.12. The number of amides is 1. The Balaban J connectivity index is 1.58. The van der Waals surface area contributed by atoms with Crippen LogP contribution in [0.2, 0.25) is 5.02 Å². The number of imidazole rings is 1. The Morgan fingerprint density at radius 2 is 2.17 bits per heavy atom. The zero-order valence-corrected chi connectivity index (χ0v) is 13.4. The van der Waals surface area contributed by atoms with Gasteiger partial charge in [0.1, 0.15) is 12.4 Å². The van der Waals surface area contributed by atoms with Crippen LogP contribution in [0.15, 0.2) is 48.8 Å². The first-order valence-electron chi connectivity index (χ1n) is 7.20. The number of rotatable bonds is 5. The van der Waals surface area contributed by atoms with Crippen LogP contribution in [0.25, 0.3) is 11.0 Å². The summed E-state index contributed by atoms with van der Waals surface area (Å²) in [5, 5.41) is 0.625. The molecule has 5 nitrogen and oxygen atoms in total. The summed E-state index contributed by atoms with van der Waals surface area (Å²) in [5.41, 5.74) is 2.31. The third-order valence-corrected chi connectivity index (χ3v) is 3.74. The van der Waals surface area contributed by atoms with Crippen molar-refractivity contribution in [2.75, 3.05) is 20.2 Å². The van der Waals surface area contributed by atoms with Gasteiger partial charge in [0.2, 0.25) is 0 Å². The molecule has 118 valence electrons. The largest absolute Gasteiger partial charge is 0.492 e. The van der Waals surface area contributed by atoms with Gasteiger partial charge in [0, 0.05) is 17.6 Å². The van der Waals surface area contributed by atoms with Crippen molar-refractivity contribution in [1.82, 2.24) is 14.9 Å². The van der Waals surface area contributed by atoms with E-state index in [1.165, 1.54) is 0 Å². The number of carbonyl (C=O) groups excluding carboxylic acids is 1. The van der Waals surface area contributed by atoms with Crippen molar-refractivity contribution < 1.29 is 9.53 Å². The second-order valence-electron chi connectivity index (χ2n) is 5.17. The Labute approximate surface area is 138 Å². The topological polar surface area (TPSA) is 58.2 Å². The number of nitrogens with zero attached hydrogens (tertiary/aromatic N) is 2. The van der Waals surface area contributed by atoms with Crippen molar-refractivity contribution in [1.29, 1.82) is 0 Å². The minimum atomic E-state index is -0.0591. The van der Waals surface area contributed by atoms with E-state index in [9.17, 15) is 4.79 Å². The molecule has 0 aliphatic heterocycles. The SMILES string of the molecule is CN(CCOc1cccc(Cl)c1)C(=O)c1ccc2nc[nH]c2c1. The highest BCUT2D eigenvalue weighted by Crippen LogP contribution is 2.17. The summed E-state index contributed by atoms with van der Waals surface area (Å²) in [6.45, 7) is 0.876. The monoisotopic (exact) mass is 329 g/mol. The number of halogens is 1. The summed E-state index contributed by atoms with van der Waals surface area (Å²) in [4.78, 5) is 21.2. The van der Waals surface area contributed by atoms with Gasteiger partial charge in [-0.2, -0.15) is 0 Å². The van der Waals surface area contributed by atoms with E-state index in [0.717, 1.165) is 11.0 Å². The Bertz CT molecular complexity index is 831. The zero-order chi connectivity index (χ0) is 16.2. The molecule has 0 saturated carbocycles. The first-order valence-corrected chi connectivity index (χ1v) is 7.58. The molecule has 23 heavy (non-hydrogen) atoms. The number of nitrogens with one attached hydrogen (secondary N) is 1. The van der Waals surface area contributed by atoms with Crippen molar-refractivity contribution in [3.05, 3.63) is 59.4 Å². The molecule has 0 aliphatic carbocycles. The van der Waals surface area contributed by atoms with Crippen LogP contribution in [0.3, 0.4) is 0 Å². The summed E-state index contributed by atoms with van der Waals surface area (Å²) in [7, 11) is 1.75. The van der Waals surface area contributed by atoms with Crippen molar-refractivity contribution in [2.45, 2.75) is 0 Å². The van der Waals surface area contributed by atoms with Gasteiger partial charge in [-0.1, -0.05) is 17.7 Å². The first-order chi connectivity index (χ1) is 11.1. The average Bonchev–Trinajstić information content (AvgIpc) is 3.01. The van der Waals surface area contributed by atoms with E-state index < -0.39 is 0 Å². The molecular weight excluding hydrogens is 314 g/mol. The van der Waals surface area contributed by atoms with Gasteiger partial charge in [-0.3, -0.25) is 4.79 Å². The smallest absolute Gasteiger partial charge is 0.253 e. The lowest BCUT2D eigenvalue weighted by atomic mass is 10.2. The maximum absolute atomic E-state index is 12.4. The van der Waals surface area contributed by atoms with Gasteiger partial charge in [0.25, 0.3) is 5.91 Å². The normalized spacial score (nSPS) is 10.7. The molecule has 3 rings (SSSR count). The predicted octanol–water partition coefficient (Wildman–Crippen LogP) is 3.37. The van der Waals surface area contributed by atoms with Gasteiger partial charge in [0.15, 0.2) is 0 Å². The van der Waals surface area contributed by atoms with Crippen molar-refractivity contribution in [3.8, 4) is 5.75 Å². The number of aromatic nitrogens is 2. The number of aromatic amines is 1. The molecule has 0 atom stereocenters. The molecule has 2 aromatic carbocycles. The third kappa shape index (κ3) is 3.63. The van der Waals surface area contributed by atoms with Crippen LogP contribution in [0.5, 0.6) is 5.75 Å². The molecule has 0 radical (unpaired) electrons. The molecule has 0 saturated heterocycles. The molecule has 1 N–H and O–H groups in total. The Kier molecular flexibility index (Phi) is 4.48. The lowest BCUT2D eigenvalue weighted by Gasteiger charge is -2.17. The number of hydrogen-bond donors (Lipinski definition) is 1. The molecule has 0 fully saturated rings. The fraction of sp³-hybridized carbons (Fsp3) is 0.176. The van der Waals surface area contributed by atoms with E-state index in [-0.39, 0.29) is 5.91 Å². The summed E-state index contributed by atoms with van der Waals surface area (Å²) >= 11 is 5.90. The van der Waals surface area contributed by atoms with Gasteiger partial charge in [-0.15, -0.1) is 0 Å². The van der Waals surface area contributed by atoms with Crippen LogP contribution in [0, 0.1) is 0 Å².